The fraction of sp³-hybridized carbons (Fsp3) is 0.500. The molecule has 0 bridgehead atoms. The standard InChI is InChI=1S/C16H25N5/c1-12(2)17-9-15-6-7-16(19-13(15)3)20(4)10-14-8-18-21(5)11-14/h6-8,11-12,17H,9-10H2,1-5H3. The summed E-state index contributed by atoms with van der Waals surface area (Å²) < 4.78 is 1.82. The summed E-state index contributed by atoms with van der Waals surface area (Å²) in [5, 5.41) is 7.63. The second-order valence-electron chi connectivity index (χ2n) is 5.83. The first kappa shape index (κ1) is 15.5. The molecular formula is C16H25N5. The molecule has 0 spiro atoms. The average Bonchev–Trinajstić information content (AvgIpc) is 2.82. The van der Waals surface area contributed by atoms with Crippen molar-refractivity contribution in [2.75, 3.05) is 11.9 Å². The van der Waals surface area contributed by atoms with Crippen LogP contribution in [0.25, 0.3) is 0 Å². The summed E-state index contributed by atoms with van der Waals surface area (Å²) in [6.45, 7) is 8.04. The molecule has 0 aromatic carbocycles. The number of rotatable bonds is 6. The fourth-order valence-electron chi connectivity index (χ4n) is 2.20. The molecule has 1 N–H and O–H groups in total. The monoisotopic (exact) mass is 287 g/mol. The van der Waals surface area contributed by atoms with Gasteiger partial charge in [0, 0.05) is 50.7 Å². The van der Waals surface area contributed by atoms with Crippen molar-refractivity contribution < 1.29 is 0 Å². The highest BCUT2D eigenvalue weighted by Gasteiger charge is 2.08. The van der Waals surface area contributed by atoms with E-state index in [-0.39, 0.29) is 0 Å². The van der Waals surface area contributed by atoms with E-state index in [1.807, 2.05) is 24.1 Å². The summed E-state index contributed by atoms with van der Waals surface area (Å²) in [6, 6.07) is 4.73. The molecule has 0 aliphatic heterocycles. The number of aryl methyl sites for hydroxylation is 2. The van der Waals surface area contributed by atoms with Crippen molar-refractivity contribution in [2.45, 2.75) is 39.9 Å². The summed E-state index contributed by atoms with van der Waals surface area (Å²) in [4.78, 5) is 6.86. The Morgan fingerprint density at radius 2 is 2.10 bits per heavy atom. The van der Waals surface area contributed by atoms with Crippen LogP contribution in [0.5, 0.6) is 0 Å². The number of nitrogens with zero attached hydrogens (tertiary/aromatic N) is 4. The summed E-state index contributed by atoms with van der Waals surface area (Å²) >= 11 is 0. The Bertz CT molecular complexity index is 588. The van der Waals surface area contributed by atoms with E-state index in [4.69, 9.17) is 4.98 Å². The van der Waals surface area contributed by atoms with Gasteiger partial charge in [-0.05, 0) is 18.6 Å². The topological polar surface area (TPSA) is 46.0 Å². The quantitative estimate of drug-likeness (QED) is 0.885. The van der Waals surface area contributed by atoms with Gasteiger partial charge in [0.1, 0.15) is 5.82 Å². The molecule has 5 nitrogen and oxygen atoms in total. The molecule has 2 aromatic heterocycles. The molecule has 0 unspecified atom stereocenters. The second-order valence-corrected chi connectivity index (χ2v) is 5.83. The van der Waals surface area contributed by atoms with E-state index in [2.05, 4.69) is 55.3 Å². The minimum Gasteiger partial charge on any atom is -0.355 e. The van der Waals surface area contributed by atoms with Gasteiger partial charge in [0.15, 0.2) is 0 Å². The van der Waals surface area contributed by atoms with E-state index in [1.165, 1.54) is 11.1 Å². The van der Waals surface area contributed by atoms with Gasteiger partial charge in [-0.15, -0.1) is 0 Å². The second kappa shape index (κ2) is 6.72. The van der Waals surface area contributed by atoms with Crippen LogP contribution in [0.1, 0.15) is 30.7 Å². The van der Waals surface area contributed by atoms with Gasteiger partial charge >= 0.3 is 0 Å². The number of pyridine rings is 1. The molecule has 0 atom stereocenters. The molecular weight excluding hydrogens is 262 g/mol. The number of aromatic nitrogens is 3. The van der Waals surface area contributed by atoms with Crippen LogP contribution in [0.15, 0.2) is 24.5 Å². The number of nitrogens with one attached hydrogen (secondary N) is 1. The van der Waals surface area contributed by atoms with Crippen LogP contribution in [0, 0.1) is 6.92 Å². The average molecular weight is 287 g/mol. The smallest absolute Gasteiger partial charge is 0.128 e. The lowest BCUT2D eigenvalue weighted by molar-refractivity contribution is 0.586. The fourth-order valence-corrected chi connectivity index (χ4v) is 2.20. The molecule has 0 saturated heterocycles. The first-order chi connectivity index (χ1) is 9.95. The van der Waals surface area contributed by atoms with E-state index in [9.17, 15) is 0 Å². The Kier molecular flexibility index (Phi) is 4.96. The van der Waals surface area contributed by atoms with Crippen LogP contribution in [0.4, 0.5) is 5.82 Å². The SMILES string of the molecule is Cc1nc(N(C)Cc2cnn(C)c2)ccc1CNC(C)C. The number of anilines is 1. The highest BCUT2D eigenvalue weighted by Crippen LogP contribution is 2.16. The van der Waals surface area contributed by atoms with Crippen LogP contribution >= 0.6 is 0 Å². The predicted molar refractivity (Wildman–Crippen MR) is 86.3 cm³/mol. The third-order valence-electron chi connectivity index (χ3n) is 3.45. The Hall–Kier alpha value is -1.88. The van der Waals surface area contributed by atoms with Crippen LogP contribution < -0.4 is 10.2 Å². The minimum atomic E-state index is 0.484. The zero-order valence-corrected chi connectivity index (χ0v) is 13.6. The minimum absolute atomic E-state index is 0.484. The van der Waals surface area contributed by atoms with Crippen molar-refractivity contribution in [3.8, 4) is 0 Å². The van der Waals surface area contributed by atoms with Crippen molar-refractivity contribution in [1.29, 1.82) is 0 Å². The molecule has 0 fully saturated rings. The van der Waals surface area contributed by atoms with E-state index in [1.54, 1.807) is 0 Å². The Morgan fingerprint density at radius 3 is 2.67 bits per heavy atom. The van der Waals surface area contributed by atoms with Gasteiger partial charge in [0.2, 0.25) is 0 Å². The maximum absolute atomic E-state index is 4.71. The molecule has 0 amide bonds. The first-order valence-corrected chi connectivity index (χ1v) is 7.34. The van der Waals surface area contributed by atoms with E-state index < -0.39 is 0 Å². The Morgan fingerprint density at radius 1 is 1.33 bits per heavy atom. The number of hydrogen-bond donors (Lipinski definition) is 1. The van der Waals surface area contributed by atoms with Crippen molar-refractivity contribution in [3.05, 3.63) is 41.3 Å². The van der Waals surface area contributed by atoms with E-state index in [0.29, 0.717) is 6.04 Å². The molecule has 5 heteroatoms. The largest absolute Gasteiger partial charge is 0.355 e. The van der Waals surface area contributed by atoms with Gasteiger partial charge in [-0.3, -0.25) is 4.68 Å². The summed E-state index contributed by atoms with van der Waals surface area (Å²) in [5.41, 5.74) is 3.52. The van der Waals surface area contributed by atoms with Crippen molar-refractivity contribution in [1.82, 2.24) is 20.1 Å². The van der Waals surface area contributed by atoms with Crippen LogP contribution in [0.3, 0.4) is 0 Å². The summed E-state index contributed by atoms with van der Waals surface area (Å²) in [5.74, 6) is 0.990. The Labute approximate surface area is 127 Å². The molecule has 0 saturated carbocycles. The van der Waals surface area contributed by atoms with Crippen molar-refractivity contribution in [3.63, 3.8) is 0 Å². The number of hydrogen-bond acceptors (Lipinski definition) is 4. The van der Waals surface area contributed by atoms with Crippen LogP contribution in [-0.4, -0.2) is 27.9 Å². The molecule has 2 aromatic rings. The van der Waals surface area contributed by atoms with Gasteiger partial charge in [-0.1, -0.05) is 19.9 Å². The normalized spacial score (nSPS) is 11.1. The molecule has 21 heavy (non-hydrogen) atoms. The van der Waals surface area contributed by atoms with Gasteiger partial charge in [0.25, 0.3) is 0 Å². The third kappa shape index (κ3) is 4.29. The van der Waals surface area contributed by atoms with Gasteiger partial charge in [-0.25, -0.2) is 4.98 Å². The lowest BCUT2D eigenvalue weighted by Crippen LogP contribution is -2.23. The molecule has 0 aliphatic rings. The van der Waals surface area contributed by atoms with E-state index in [0.717, 1.165) is 24.6 Å². The molecule has 2 rings (SSSR count). The highest BCUT2D eigenvalue weighted by atomic mass is 15.2. The van der Waals surface area contributed by atoms with Gasteiger partial charge < -0.3 is 10.2 Å². The lowest BCUT2D eigenvalue weighted by Gasteiger charge is -2.19. The highest BCUT2D eigenvalue weighted by molar-refractivity contribution is 5.41. The van der Waals surface area contributed by atoms with E-state index >= 15 is 0 Å². The zero-order valence-electron chi connectivity index (χ0n) is 13.6. The summed E-state index contributed by atoms with van der Waals surface area (Å²) in [6.07, 6.45) is 3.93. The van der Waals surface area contributed by atoms with Crippen molar-refractivity contribution in [2.24, 2.45) is 7.05 Å². The molecule has 2 heterocycles. The lowest BCUT2D eigenvalue weighted by atomic mass is 10.2. The first-order valence-electron chi connectivity index (χ1n) is 7.34. The maximum Gasteiger partial charge on any atom is 0.128 e. The molecule has 0 aliphatic carbocycles. The molecule has 114 valence electrons. The van der Waals surface area contributed by atoms with Gasteiger partial charge in [-0.2, -0.15) is 5.10 Å². The Balaban J connectivity index is 2.04. The molecule has 0 radical (unpaired) electrons. The maximum atomic E-state index is 4.71. The van der Waals surface area contributed by atoms with Crippen LogP contribution in [0.2, 0.25) is 0 Å². The third-order valence-corrected chi connectivity index (χ3v) is 3.45. The van der Waals surface area contributed by atoms with Crippen LogP contribution in [-0.2, 0) is 20.1 Å². The summed E-state index contributed by atoms with van der Waals surface area (Å²) in [7, 11) is 3.99. The van der Waals surface area contributed by atoms with Gasteiger partial charge in [0.05, 0.1) is 6.20 Å². The predicted octanol–water partition coefficient (Wildman–Crippen LogP) is 2.26. The van der Waals surface area contributed by atoms with Crippen molar-refractivity contribution >= 4 is 5.82 Å². The zero-order chi connectivity index (χ0) is 15.4.